The van der Waals surface area contributed by atoms with Gasteiger partial charge in [-0.05, 0) is 13.8 Å². The van der Waals surface area contributed by atoms with Gasteiger partial charge in [0.05, 0.1) is 17.9 Å². The number of nitrogens with one attached hydrogen (secondary N) is 2. The van der Waals surface area contributed by atoms with Crippen LogP contribution in [-0.2, 0) is 4.79 Å². The second-order valence-electron chi connectivity index (χ2n) is 3.50. The Morgan fingerprint density at radius 3 is 2.50 bits per heavy atom. The molecule has 1 heterocycles. The third-order valence-corrected chi connectivity index (χ3v) is 2.06. The molecule has 0 spiro atoms. The number of nitrogens with zero attached hydrogens (tertiary/aromatic N) is 3. The maximum atomic E-state index is 11.3. The van der Waals surface area contributed by atoms with E-state index < -0.39 is 24.6 Å². The van der Waals surface area contributed by atoms with E-state index in [1.54, 1.807) is 13.8 Å². The number of anilines is 1. The summed E-state index contributed by atoms with van der Waals surface area (Å²) in [6, 6.07) is -0.722. The number of carboxylic acids is 1. The molecule has 1 aromatic rings. The molecule has 18 heavy (non-hydrogen) atoms. The first kappa shape index (κ1) is 13.8. The summed E-state index contributed by atoms with van der Waals surface area (Å²) in [7, 11) is 0. The van der Waals surface area contributed by atoms with Gasteiger partial charge < -0.3 is 15.5 Å². The second-order valence-corrected chi connectivity index (χ2v) is 3.50. The topological polar surface area (TPSA) is 137 Å². The molecule has 9 nitrogen and oxygen atoms in total. The van der Waals surface area contributed by atoms with E-state index in [1.807, 2.05) is 0 Å². The number of aromatic nitrogens is 3. The van der Waals surface area contributed by atoms with E-state index in [4.69, 9.17) is 10.2 Å². The van der Waals surface area contributed by atoms with Crippen LogP contribution < -0.4 is 10.6 Å². The van der Waals surface area contributed by atoms with Gasteiger partial charge in [0, 0.05) is 0 Å². The van der Waals surface area contributed by atoms with Crippen LogP contribution >= 0.6 is 0 Å². The van der Waals surface area contributed by atoms with Crippen molar-refractivity contribution in [3.63, 3.8) is 0 Å². The highest BCUT2D eigenvalue weighted by molar-refractivity contribution is 5.87. The molecule has 1 atom stereocenters. The van der Waals surface area contributed by atoms with Crippen molar-refractivity contribution in [2.24, 2.45) is 0 Å². The molecule has 4 N–H and O–H groups in total. The van der Waals surface area contributed by atoms with Gasteiger partial charge in [0.15, 0.2) is 6.10 Å². The van der Waals surface area contributed by atoms with Gasteiger partial charge in [-0.2, -0.15) is 5.10 Å². The number of aliphatic hydroxyl groups is 1. The molecule has 9 heteroatoms. The molecule has 0 unspecified atom stereocenters. The summed E-state index contributed by atoms with van der Waals surface area (Å²) in [5.74, 6) is -1.42. The third-order valence-electron chi connectivity index (χ3n) is 2.06. The summed E-state index contributed by atoms with van der Waals surface area (Å²) < 4.78 is 0. The Kier molecular flexibility index (Phi) is 4.49. The quantitative estimate of drug-likeness (QED) is 0.544. The number of aliphatic carboxylic acids is 1. The Labute approximate surface area is 102 Å². The Bertz CT molecular complexity index is 464. The van der Waals surface area contributed by atoms with Gasteiger partial charge in [0.1, 0.15) is 0 Å². The molecule has 0 aliphatic heterocycles. The van der Waals surface area contributed by atoms with E-state index in [-0.39, 0.29) is 5.95 Å². The third kappa shape index (κ3) is 3.94. The van der Waals surface area contributed by atoms with Gasteiger partial charge in [0.25, 0.3) is 5.95 Å². The Morgan fingerprint density at radius 1 is 1.28 bits per heavy atom. The minimum Gasteiger partial charge on any atom is -0.479 e. The summed E-state index contributed by atoms with van der Waals surface area (Å²) in [5.41, 5.74) is 1.26. The molecule has 0 aromatic carbocycles. The van der Waals surface area contributed by atoms with Crippen molar-refractivity contribution in [2.45, 2.75) is 20.0 Å². The van der Waals surface area contributed by atoms with E-state index in [9.17, 15) is 9.59 Å². The Morgan fingerprint density at radius 2 is 1.94 bits per heavy atom. The lowest BCUT2D eigenvalue weighted by atomic mass is 10.4. The zero-order valence-electron chi connectivity index (χ0n) is 9.84. The van der Waals surface area contributed by atoms with E-state index >= 15 is 0 Å². The lowest BCUT2D eigenvalue weighted by molar-refractivity contribution is -0.146. The van der Waals surface area contributed by atoms with Crippen LogP contribution in [0.1, 0.15) is 11.4 Å². The molecule has 0 bridgehead atoms. The first-order valence-electron chi connectivity index (χ1n) is 5.03. The van der Waals surface area contributed by atoms with E-state index in [1.165, 1.54) is 0 Å². The van der Waals surface area contributed by atoms with E-state index in [0.717, 1.165) is 0 Å². The van der Waals surface area contributed by atoms with Crippen LogP contribution in [0, 0.1) is 13.8 Å². The molecule has 0 aliphatic carbocycles. The minimum atomic E-state index is -1.66. The van der Waals surface area contributed by atoms with Crippen LogP contribution in [0.3, 0.4) is 0 Å². The summed E-state index contributed by atoms with van der Waals surface area (Å²) in [6.07, 6.45) is -1.66. The summed E-state index contributed by atoms with van der Waals surface area (Å²) in [5, 5.41) is 29.1. The summed E-state index contributed by atoms with van der Waals surface area (Å²) in [6.45, 7) is 3.02. The fourth-order valence-electron chi connectivity index (χ4n) is 0.932. The van der Waals surface area contributed by atoms with Crippen molar-refractivity contribution in [3.8, 4) is 0 Å². The number of rotatable bonds is 4. The van der Waals surface area contributed by atoms with Crippen molar-refractivity contribution in [3.05, 3.63) is 11.4 Å². The maximum absolute atomic E-state index is 11.3. The molecule has 1 aromatic heterocycles. The average molecular weight is 255 g/mol. The summed E-state index contributed by atoms with van der Waals surface area (Å²) >= 11 is 0. The van der Waals surface area contributed by atoms with Gasteiger partial charge in [0.2, 0.25) is 0 Å². The SMILES string of the molecule is Cc1nnc(NC(=O)NC[C@H](O)C(=O)O)nc1C. The van der Waals surface area contributed by atoms with E-state index in [0.29, 0.717) is 11.4 Å². The highest BCUT2D eigenvalue weighted by atomic mass is 16.4. The molecule has 0 saturated heterocycles. The molecule has 0 radical (unpaired) electrons. The fourth-order valence-corrected chi connectivity index (χ4v) is 0.932. The first-order valence-corrected chi connectivity index (χ1v) is 5.03. The molecule has 2 amide bonds. The largest absolute Gasteiger partial charge is 0.479 e. The summed E-state index contributed by atoms with van der Waals surface area (Å²) in [4.78, 5) is 25.5. The lowest BCUT2D eigenvalue weighted by Crippen LogP contribution is -2.39. The van der Waals surface area contributed by atoms with Crippen LogP contribution in [-0.4, -0.2) is 50.0 Å². The van der Waals surface area contributed by atoms with Gasteiger partial charge in [-0.25, -0.2) is 14.6 Å². The van der Waals surface area contributed by atoms with Gasteiger partial charge in [-0.1, -0.05) is 0 Å². The standard InChI is InChI=1S/C9H13N5O4/c1-4-5(2)13-14-8(11-4)12-9(18)10-3-6(15)7(16)17/h6,15H,3H2,1-2H3,(H,16,17)(H2,10,11,12,14,18)/t6-/m0/s1. The molecule has 0 saturated carbocycles. The number of aryl methyl sites for hydroxylation is 2. The highest BCUT2D eigenvalue weighted by Crippen LogP contribution is 2.01. The number of urea groups is 1. The van der Waals surface area contributed by atoms with Crippen molar-refractivity contribution < 1.29 is 19.8 Å². The number of hydrogen-bond donors (Lipinski definition) is 4. The molecular formula is C9H13N5O4. The van der Waals surface area contributed by atoms with Crippen LogP contribution in [0.2, 0.25) is 0 Å². The van der Waals surface area contributed by atoms with Gasteiger partial charge >= 0.3 is 12.0 Å². The zero-order valence-corrected chi connectivity index (χ0v) is 9.84. The number of carbonyl (C=O) groups excluding carboxylic acids is 1. The van der Waals surface area contributed by atoms with Crippen LogP contribution in [0.15, 0.2) is 0 Å². The Balaban J connectivity index is 2.49. The van der Waals surface area contributed by atoms with Crippen LogP contribution in [0.4, 0.5) is 10.7 Å². The second kappa shape index (κ2) is 5.87. The van der Waals surface area contributed by atoms with Crippen molar-refractivity contribution in [1.82, 2.24) is 20.5 Å². The average Bonchev–Trinajstić information content (AvgIpc) is 2.30. The highest BCUT2D eigenvalue weighted by Gasteiger charge is 2.14. The molecule has 0 fully saturated rings. The fraction of sp³-hybridized carbons (Fsp3) is 0.444. The zero-order chi connectivity index (χ0) is 13.7. The molecule has 98 valence electrons. The Hall–Kier alpha value is -2.29. The normalized spacial score (nSPS) is 11.7. The molecule has 1 rings (SSSR count). The monoisotopic (exact) mass is 255 g/mol. The van der Waals surface area contributed by atoms with Gasteiger partial charge in [-0.3, -0.25) is 5.32 Å². The van der Waals surface area contributed by atoms with Crippen molar-refractivity contribution >= 4 is 17.9 Å². The van der Waals surface area contributed by atoms with Crippen LogP contribution in [0.25, 0.3) is 0 Å². The number of carbonyl (C=O) groups is 2. The lowest BCUT2D eigenvalue weighted by Gasteiger charge is -2.08. The number of amides is 2. The van der Waals surface area contributed by atoms with Gasteiger partial charge in [-0.15, -0.1) is 5.10 Å². The first-order chi connectivity index (χ1) is 8.40. The molecular weight excluding hydrogens is 242 g/mol. The van der Waals surface area contributed by atoms with Crippen LogP contribution in [0.5, 0.6) is 0 Å². The number of carboxylic acid groups (broad SMARTS) is 1. The number of hydrogen-bond acceptors (Lipinski definition) is 6. The smallest absolute Gasteiger partial charge is 0.334 e. The predicted octanol–water partition coefficient (Wildman–Crippen LogP) is -0.945. The number of aliphatic hydroxyl groups excluding tert-OH is 1. The van der Waals surface area contributed by atoms with E-state index in [2.05, 4.69) is 25.8 Å². The predicted molar refractivity (Wildman–Crippen MR) is 60.0 cm³/mol. The maximum Gasteiger partial charge on any atom is 0.334 e. The van der Waals surface area contributed by atoms with Crippen molar-refractivity contribution in [2.75, 3.05) is 11.9 Å². The van der Waals surface area contributed by atoms with Crippen molar-refractivity contribution in [1.29, 1.82) is 0 Å². The molecule has 0 aliphatic rings. The minimum absolute atomic E-state index is 0.000384.